The summed E-state index contributed by atoms with van der Waals surface area (Å²) in [4.78, 5) is 12.5. The van der Waals surface area contributed by atoms with Crippen molar-refractivity contribution in [1.82, 2.24) is 0 Å². The van der Waals surface area contributed by atoms with Crippen molar-refractivity contribution in [3.63, 3.8) is 0 Å². The third kappa shape index (κ3) is 6.39. The molecule has 2 aliphatic heterocycles. The lowest BCUT2D eigenvalue weighted by Gasteiger charge is -2.29. The molecule has 4 atom stereocenters. The molecular formula is C23H34O6S2. The van der Waals surface area contributed by atoms with E-state index in [0.29, 0.717) is 5.56 Å². The number of benzene rings is 1. The molecule has 2 saturated heterocycles. The van der Waals surface area contributed by atoms with Crippen LogP contribution in [0, 0.1) is 0 Å². The normalized spacial score (nSPS) is 29.4. The van der Waals surface area contributed by atoms with Crippen molar-refractivity contribution in [3.8, 4) is 0 Å². The summed E-state index contributed by atoms with van der Waals surface area (Å²) in [6, 6.07) is 8.95. The van der Waals surface area contributed by atoms with Crippen LogP contribution in [0.25, 0.3) is 0 Å². The van der Waals surface area contributed by atoms with Crippen molar-refractivity contribution in [1.29, 1.82) is 0 Å². The van der Waals surface area contributed by atoms with Gasteiger partial charge in [0.25, 0.3) is 0 Å². The van der Waals surface area contributed by atoms with Gasteiger partial charge in [0.15, 0.2) is 11.6 Å². The first-order valence-electron chi connectivity index (χ1n) is 10.8. The Morgan fingerprint density at radius 3 is 2.13 bits per heavy atom. The highest BCUT2D eigenvalue weighted by molar-refractivity contribution is 8.17. The van der Waals surface area contributed by atoms with Crippen LogP contribution >= 0.6 is 23.5 Å². The highest BCUT2D eigenvalue weighted by Gasteiger charge is 2.55. The van der Waals surface area contributed by atoms with E-state index in [1.54, 1.807) is 12.1 Å². The van der Waals surface area contributed by atoms with E-state index in [4.69, 9.17) is 23.7 Å². The van der Waals surface area contributed by atoms with Crippen LogP contribution in [-0.4, -0.2) is 64.7 Å². The molecule has 0 saturated carbocycles. The Hall–Kier alpha value is -0.770. The van der Waals surface area contributed by atoms with E-state index in [-0.39, 0.29) is 29.4 Å². The van der Waals surface area contributed by atoms with Crippen molar-refractivity contribution >= 4 is 29.5 Å². The first-order valence-corrected chi connectivity index (χ1v) is 12.9. The Balaban J connectivity index is 1.76. The van der Waals surface area contributed by atoms with Gasteiger partial charge in [-0.2, -0.15) is 0 Å². The summed E-state index contributed by atoms with van der Waals surface area (Å²) < 4.78 is 30.9. The molecule has 1 aromatic carbocycles. The summed E-state index contributed by atoms with van der Waals surface area (Å²) in [6.07, 6.45) is -1.37. The van der Waals surface area contributed by atoms with Gasteiger partial charge in [0, 0.05) is 0 Å². The van der Waals surface area contributed by atoms with E-state index < -0.39 is 23.8 Å². The van der Waals surface area contributed by atoms with Gasteiger partial charge in [-0.15, -0.1) is 23.5 Å². The molecule has 0 aliphatic carbocycles. The van der Waals surface area contributed by atoms with Crippen molar-refractivity contribution in [2.75, 3.05) is 18.1 Å². The number of ether oxygens (including phenoxy) is 5. The van der Waals surface area contributed by atoms with E-state index in [1.807, 2.05) is 69.4 Å². The molecule has 2 aliphatic rings. The number of hydrogen-bond donors (Lipinski definition) is 0. The van der Waals surface area contributed by atoms with Crippen LogP contribution in [0.3, 0.4) is 0 Å². The van der Waals surface area contributed by atoms with Crippen LogP contribution in [-0.2, 0) is 23.7 Å². The Bertz CT molecular complexity index is 720. The maximum absolute atomic E-state index is 12.5. The zero-order chi connectivity index (χ0) is 22.6. The zero-order valence-electron chi connectivity index (χ0n) is 19.2. The van der Waals surface area contributed by atoms with Gasteiger partial charge in [0.05, 0.1) is 10.1 Å². The molecule has 0 unspecified atom stereocenters. The van der Waals surface area contributed by atoms with Crippen LogP contribution < -0.4 is 0 Å². The summed E-state index contributed by atoms with van der Waals surface area (Å²) in [5.41, 5.74) is 0.510. The predicted octanol–water partition coefficient (Wildman–Crippen LogP) is 4.72. The first-order chi connectivity index (χ1) is 14.7. The number of carbonyl (C=O) groups is 1. The number of esters is 1. The monoisotopic (exact) mass is 470 g/mol. The van der Waals surface area contributed by atoms with Gasteiger partial charge in [0.1, 0.15) is 31.0 Å². The molecule has 2 heterocycles. The lowest BCUT2D eigenvalue weighted by atomic mass is 10.0. The number of rotatable bonds is 9. The number of thioether (sulfide) groups is 2. The lowest BCUT2D eigenvalue weighted by molar-refractivity contribution is -0.175. The smallest absolute Gasteiger partial charge is 0.338 e. The SMILES string of the molecule is CCSC(SCC)[C@@H]1OC(C)(C)O[C@H]1[C@@H]1OC(C)(C)O[C@@H]1COC(=O)c1ccccc1. The Labute approximate surface area is 194 Å². The summed E-state index contributed by atoms with van der Waals surface area (Å²) in [6.45, 7) is 12.0. The van der Waals surface area contributed by atoms with Crippen molar-refractivity contribution in [3.05, 3.63) is 35.9 Å². The fraction of sp³-hybridized carbons (Fsp3) is 0.696. The molecule has 2 fully saturated rings. The number of hydrogen-bond acceptors (Lipinski definition) is 8. The van der Waals surface area contributed by atoms with Gasteiger partial charge >= 0.3 is 5.97 Å². The Morgan fingerprint density at radius 1 is 0.935 bits per heavy atom. The second-order valence-electron chi connectivity index (χ2n) is 8.45. The van der Waals surface area contributed by atoms with E-state index in [9.17, 15) is 4.79 Å². The molecule has 0 aromatic heterocycles. The molecule has 8 heteroatoms. The molecule has 6 nitrogen and oxygen atoms in total. The number of carbonyl (C=O) groups excluding carboxylic acids is 1. The largest absolute Gasteiger partial charge is 0.459 e. The summed E-state index contributed by atoms with van der Waals surface area (Å²) in [7, 11) is 0. The van der Waals surface area contributed by atoms with Gasteiger partial charge in [-0.05, 0) is 51.3 Å². The van der Waals surface area contributed by atoms with Gasteiger partial charge < -0.3 is 23.7 Å². The standard InChI is InChI=1S/C23H34O6S2/c1-7-30-21(31-8-2)19-18(28-23(5,6)29-19)17-16(26-22(3,4)27-17)14-25-20(24)15-12-10-9-11-13-15/h9-13,16-19,21H,7-8,14H2,1-6H3/t16-,17-,18+,19-/m1/s1. The fourth-order valence-corrected chi connectivity index (χ4v) is 6.59. The van der Waals surface area contributed by atoms with Crippen LogP contribution in [0.1, 0.15) is 51.9 Å². The minimum absolute atomic E-state index is 0.0847. The van der Waals surface area contributed by atoms with Gasteiger partial charge in [-0.3, -0.25) is 0 Å². The summed E-state index contributed by atoms with van der Waals surface area (Å²) in [5, 5.41) is 0. The second-order valence-corrected chi connectivity index (χ2v) is 11.6. The maximum atomic E-state index is 12.5. The van der Waals surface area contributed by atoms with Crippen molar-refractivity contribution < 1.29 is 28.5 Å². The fourth-order valence-electron chi connectivity index (χ4n) is 3.93. The molecule has 0 bridgehead atoms. The van der Waals surface area contributed by atoms with Crippen LogP contribution in [0.15, 0.2) is 30.3 Å². The van der Waals surface area contributed by atoms with Crippen molar-refractivity contribution in [2.45, 2.75) is 82.1 Å². The third-order valence-corrected chi connectivity index (χ3v) is 7.70. The van der Waals surface area contributed by atoms with Gasteiger partial charge in [0.2, 0.25) is 0 Å². The Morgan fingerprint density at radius 2 is 1.52 bits per heavy atom. The molecule has 31 heavy (non-hydrogen) atoms. The van der Waals surface area contributed by atoms with E-state index in [0.717, 1.165) is 11.5 Å². The molecule has 0 N–H and O–H groups in total. The average Bonchev–Trinajstić information content (AvgIpc) is 3.21. The molecule has 1 aromatic rings. The minimum atomic E-state index is -0.805. The van der Waals surface area contributed by atoms with Crippen molar-refractivity contribution in [2.24, 2.45) is 0 Å². The first kappa shape index (κ1) is 24.9. The van der Waals surface area contributed by atoms with Gasteiger partial charge in [-0.1, -0.05) is 32.0 Å². The Kier molecular flexibility index (Phi) is 8.38. The zero-order valence-corrected chi connectivity index (χ0v) is 20.8. The molecule has 174 valence electrons. The molecule has 0 radical (unpaired) electrons. The van der Waals surface area contributed by atoms with E-state index in [2.05, 4.69) is 13.8 Å². The minimum Gasteiger partial charge on any atom is -0.459 e. The van der Waals surface area contributed by atoms with Crippen LogP contribution in [0.2, 0.25) is 0 Å². The molecule has 0 amide bonds. The quantitative estimate of drug-likeness (QED) is 0.380. The molecule has 0 spiro atoms. The highest BCUT2D eigenvalue weighted by atomic mass is 32.2. The summed E-state index contributed by atoms with van der Waals surface area (Å²) in [5.74, 6) is 0.0546. The van der Waals surface area contributed by atoms with E-state index in [1.165, 1.54) is 0 Å². The highest BCUT2D eigenvalue weighted by Crippen LogP contribution is 2.44. The van der Waals surface area contributed by atoms with Gasteiger partial charge in [-0.25, -0.2) is 4.79 Å². The van der Waals surface area contributed by atoms with E-state index >= 15 is 0 Å². The topological polar surface area (TPSA) is 63.2 Å². The lowest BCUT2D eigenvalue weighted by Crippen LogP contribution is -2.46. The molecular weight excluding hydrogens is 436 g/mol. The predicted molar refractivity (Wildman–Crippen MR) is 124 cm³/mol. The second kappa shape index (κ2) is 10.4. The third-order valence-electron chi connectivity index (χ3n) is 5.03. The van der Waals surface area contributed by atoms with Crippen LogP contribution in [0.5, 0.6) is 0 Å². The van der Waals surface area contributed by atoms with Crippen LogP contribution in [0.4, 0.5) is 0 Å². The molecule has 3 rings (SSSR count). The summed E-state index contributed by atoms with van der Waals surface area (Å²) >= 11 is 3.71. The maximum Gasteiger partial charge on any atom is 0.338 e. The average molecular weight is 471 g/mol.